The molecule has 1 atom stereocenters. The smallest absolute Gasteiger partial charge is 0.339 e. The van der Waals surface area contributed by atoms with Crippen molar-refractivity contribution in [2.24, 2.45) is 0 Å². The number of nitrogens with two attached hydrogens (primary N) is 1. The fraction of sp³-hybridized carbons (Fsp3) is 0.412. The summed E-state index contributed by atoms with van der Waals surface area (Å²) in [4.78, 5) is 24.0. The molecule has 0 radical (unpaired) electrons. The Morgan fingerprint density at radius 2 is 1.62 bits per heavy atom. The first-order chi connectivity index (χ1) is 9.65. The van der Waals surface area contributed by atoms with Crippen LogP contribution in [0.5, 0.6) is 0 Å². The number of nitrogen functional groups attached to an aromatic ring is 1. The van der Waals surface area contributed by atoms with Gasteiger partial charge in [-0.2, -0.15) is 0 Å². The van der Waals surface area contributed by atoms with Gasteiger partial charge >= 0.3 is 5.97 Å². The van der Waals surface area contributed by atoms with Crippen molar-refractivity contribution >= 4 is 17.4 Å². The quantitative estimate of drug-likeness (QED) is 0.524. The Bertz CT molecular complexity index is 611. The van der Waals surface area contributed by atoms with Crippen LogP contribution in [0.2, 0.25) is 0 Å². The minimum absolute atomic E-state index is 0.195. The third-order valence-electron chi connectivity index (χ3n) is 3.61. The van der Waals surface area contributed by atoms with E-state index < -0.39 is 12.1 Å². The third kappa shape index (κ3) is 3.94. The molecule has 1 rings (SSSR count). The lowest BCUT2D eigenvalue weighted by Gasteiger charge is -2.18. The molecule has 114 valence electrons. The second-order valence-electron chi connectivity index (χ2n) is 5.60. The Hall–Kier alpha value is -2.10. The fourth-order valence-corrected chi connectivity index (χ4v) is 2.00. The first kappa shape index (κ1) is 17.0. The van der Waals surface area contributed by atoms with E-state index in [-0.39, 0.29) is 5.78 Å². The standard InChI is InChI=1S/C17H23NO3/c1-9(2)12(5)16(13(6)19)21-17(20)14-8-15(18)11(4)7-10(14)3/h7-8,16H,18H2,1-6H3. The molecule has 1 aromatic rings. The first-order valence-electron chi connectivity index (χ1n) is 6.87. The van der Waals surface area contributed by atoms with Crippen LogP contribution in [-0.2, 0) is 9.53 Å². The lowest BCUT2D eigenvalue weighted by Crippen LogP contribution is -2.27. The van der Waals surface area contributed by atoms with Gasteiger partial charge in [-0.15, -0.1) is 0 Å². The number of hydrogen-bond donors (Lipinski definition) is 1. The van der Waals surface area contributed by atoms with E-state index in [0.717, 1.165) is 22.3 Å². The predicted octanol–water partition coefficient (Wildman–Crippen LogP) is 3.36. The van der Waals surface area contributed by atoms with Crippen LogP contribution in [0.15, 0.2) is 23.3 Å². The molecule has 1 unspecified atom stereocenters. The van der Waals surface area contributed by atoms with Gasteiger partial charge in [-0.25, -0.2) is 4.79 Å². The molecular formula is C17H23NO3. The summed E-state index contributed by atoms with van der Waals surface area (Å²) in [6.45, 7) is 10.7. The van der Waals surface area contributed by atoms with Gasteiger partial charge in [0.1, 0.15) is 0 Å². The van der Waals surface area contributed by atoms with E-state index in [0.29, 0.717) is 11.3 Å². The van der Waals surface area contributed by atoms with Gasteiger partial charge in [-0.1, -0.05) is 11.6 Å². The number of aryl methyl sites for hydroxylation is 2. The van der Waals surface area contributed by atoms with Crippen LogP contribution in [-0.4, -0.2) is 17.9 Å². The number of benzene rings is 1. The van der Waals surface area contributed by atoms with E-state index in [9.17, 15) is 9.59 Å². The van der Waals surface area contributed by atoms with Crippen molar-refractivity contribution in [1.29, 1.82) is 0 Å². The van der Waals surface area contributed by atoms with Gasteiger partial charge < -0.3 is 10.5 Å². The molecular weight excluding hydrogens is 266 g/mol. The van der Waals surface area contributed by atoms with Crippen LogP contribution in [0.1, 0.15) is 49.2 Å². The number of ether oxygens (including phenoxy) is 1. The second kappa shape index (κ2) is 6.57. The lowest BCUT2D eigenvalue weighted by molar-refractivity contribution is -0.123. The normalized spacial score (nSPS) is 11.7. The summed E-state index contributed by atoms with van der Waals surface area (Å²) < 4.78 is 5.39. The van der Waals surface area contributed by atoms with Crippen molar-refractivity contribution in [1.82, 2.24) is 0 Å². The predicted molar refractivity (Wildman–Crippen MR) is 84.3 cm³/mol. The topological polar surface area (TPSA) is 69.4 Å². The SMILES string of the molecule is CC(=O)C(OC(=O)c1cc(N)c(C)cc1C)C(C)=C(C)C. The number of carbonyl (C=O) groups is 2. The molecule has 21 heavy (non-hydrogen) atoms. The minimum atomic E-state index is -0.843. The summed E-state index contributed by atoms with van der Waals surface area (Å²) in [7, 11) is 0. The molecule has 0 bridgehead atoms. The maximum absolute atomic E-state index is 12.3. The van der Waals surface area contributed by atoms with Gasteiger partial charge in [0.2, 0.25) is 0 Å². The first-order valence-corrected chi connectivity index (χ1v) is 6.87. The molecule has 0 amide bonds. The summed E-state index contributed by atoms with van der Waals surface area (Å²) in [5, 5.41) is 0. The zero-order valence-electron chi connectivity index (χ0n) is 13.5. The van der Waals surface area contributed by atoms with Crippen LogP contribution in [0, 0.1) is 13.8 Å². The van der Waals surface area contributed by atoms with E-state index in [2.05, 4.69) is 0 Å². The molecule has 4 heteroatoms. The molecule has 0 saturated heterocycles. The van der Waals surface area contributed by atoms with Crippen LogP contribution < -0.4 is 5.73 Å². The number of hydrogen-bond acceptors (Lipinski definition) is 4. The van der Waals surface area contributed by atoms with Gasteiger partial charge in [0.15, 0.2) is 11.9 Å². The number of allylic oxidation sites excluding steroid dienone is 1. The van der Waals surface area contributed by atoms with Crippen molar-refractivity contribution in [3.63, 3.8) is 0 Å². The highest BCUT2D eigenvalue weighted by atomic mass is 16.5. The van der Waals surface area contributed by atoms with Crippen molar-refractivity contribution in [3.05, 3.63) is 40.0 Å². The lowest BCUT2D eigenvalue weighted by atomic mass is 10.0. The molecule has 0 aliphatic rings. The Morgan fingerprint density at radius 3 is 2.10 bits per heavy atom. The number of esters is 1. The average Bonchev–Trinajstić information content (AvgIpc) is 2.38. The molecule has 0 aliphatic heterocycles. The Kier molecular flexibility index (Phi) is 5.30. The largest absolute Gasteiger partial charge is 0.446 e. The zero-order valence-corrected chi connectivity index (χ0v) is 13.5. The molecule has 4 nitrogen and oxygen atoms in total. The van der Waals surface area contributed by atoms with E-state index >= 15 is 0 Å². The molecule has 0 saturated carbocycles. The van der Waals surface area contributed by atoms with Crippen molar-refractivity contribution < 1.29 is 14.3 Å². The summed E-state index contributed by atoms with van der Waals surface area (Å²) in [5.41, 5.74) is 10.2. The summed E-state index contributed by atoms with van der Waals surface area (Å²) in [6.07, 6.45) is -0.843. The van der Waals surface area contributed by atoms with Crippen LogP contribution in [0.25, 0.3) is 0 Å². The van der Waals surface area contributed by atoms with Gasteiger partial charge in [-0.3, -0.25) is 4.79 Å². The van der Waals surface area contributed by atoms with Gasteiger partial charge in [-0.05, 0) is 64.3 Å². The maximum Gasteiger partial charge on any atom is 0.339 e. The highest BCUT2D eigenvalue weighted by Crippen LogP contribution is 2.21. The number of Topliss-reactive ketones (excluding diaryl/α,β-unsaturated/α-hetero) is 1. The molecule has 0 aromatic heterocycles. The van der Waals surface area contributed by atoms with Crippen LogP contribution in [0.3, 0.4) is 0 Å². The molecule has 1 aromatic carbocycles. The average molecular weight is 289 g/mol. The van der Waals surface area contributed by atoms with Crippen molar-refractivity contribution in [2.45, 2.75) is 47.6 Å². The molecule has 2 N–H and O–H groups in total. The number of anilines is 1. The van der Waals surface area contributed by atoms with E-state index in [1.165, 1.54) is 6.92 Å². The van der Waals surface area contributed by atoms with Crippen LogP contribution in [0.4, 0.5) is 5.69 Å². The third-order valence-corrected chi connectivity index (χ3v) is 3.61. The highest BCUT2D eigenvalue weighted by molar-refractivity contribution is 5.95. The molecule has 0 spiro atoms. The summed E-state index contributed by atoms with van der Waals surface area (Å²) in [5.74, 6) is -0.722. The Balaban J connectivity index is 3.12. The fourth-order valence-electron chi connectivity index (χ4n) is 2.00. The van der Waals surface area contributed by atoms with Crippen molar-refractivity contribution in [2.75, 3.05) is 5.73 Å². The maximum atomic E-state index is 12.3. The van der Waals surface area contributed by atoms with Crippen molar-refractivity contribution in [3.8, 4) is 0 Å². The zero-order chi connectivity index (χ0) is 16.3. The number of rotatable bonds is 4. The Morgan fingerprint density at radius 1 is 1.05 bits per heavy atom. The summed E-state index contributed by atoms with van der Waals surface area (Å²) >= 11 is 0. The van der Waals surface area contributed by atoms with Gasteiger partial charge in [0.05, 0.1) is 5.56 Å². The van der Waals surface area contributed by atoms with E-state index in [4.69, 9.17) is 10.5 Å². The second-order valence-corrected chi connectivity index (χ2v) is 5.60. The summed E-state index contributed by atoms with van der Waals surface area (Å²) in [6, 6.07) is 3.44. The van der Waals surface area contributed by atoms with Gasteiger partial charge in [0, 0.05) is 5.69 Å². The molecule has 0 fully saturated rings. The highest BCUT2D eigenvalue weighted by Gasteiger charge is 2.24. The van der Waals surface area contributed by atoms with Gasteiger partial charge in [0.25, 0.3) is 0 Å². The van der Waals surface area contributed by atoms with Crippen LogP contribution >= 0.6 is 0 Å². The monoisotopic (exact) mass is 289 g/mol. The molecule has 0 heterocycles. The number of ketones is 1. The number of carbonyl (C=O) groups excluding carboxylic acids is 2. The van der Waals surface area contributed by atoms with E-state index in [1.807, 2.05) is 33.8 Å². The van der Waals surface area contributed by atoms with E-state index in [1.54, 1.807) is 13.0 Å². The molecule has 0 aliphatic carbocycles. The minimum Gasteiger partial charge on any atom is -0.446 e. The Labute approximate surface area is 126 Å².